The summed E-state index contributed by atoms with van der Waals surface area (Å²) in [6, 6.07) is 17.1. The van der Waals surface area contributed by atoms with Gasteiger partial charge in [0.05, 0.1) is 6.54 Å². The van der Waals surface area contributed by atoms with Gasteiger partial charge in [0.25, 0.3) is 0 Å². The van der Waals surface area contributed by atoms with Crippen LogP contribution in [-0.2, 0) is 20.9 Å². The Labute approximate surface area is 193 Å². The molecule has 2 aromatic carbocycles. The van der Waals surface area contributed by atoms with Gasteiger partial charge in [-0.2, -0.15) is 0 Å². The first kappa shape index (κ1) is 25.8. The Hall–Kier alpha value is -3.49. The van der Waals surface area contributed by atoms with Crippen molar-refractivity contribution in [2.45, 2.75) is 32.4 Å². The van der Waals surface area contributed by atoms with E-state index in [-0.39, 0.29) is 5.91 Å². The molecule has 176 valence electrons. The maximum absolute atomic E-state index is 12.2. The number of amides is 1. The second kappa shape index (κ2) is 12.5. The second-order valence-corrected chi connectivity index (χ2v) is 8.13. The minimum Gasteiger partial charge on any atom is -0.478 e. The summed E-state index contributed by atoms with van der Waals surface area (Å²) in [6.07, 6.45) is 1.12. The van der Waals surface area contributed by atoms with Gasteiger partial charge >= 0.3 is 11.9 Å². The van der Waals surface area contributed by atoms with Crippen LogP contribution in [0.25, 0.3) is 0 Å². The van der Waals surface area contributed by atoms with Crippen LogP contribution in [0.15, 0.2) is 60.7 Å². The molecule has 1 aliphatic rings. The molecule has 0 saturated carbocycles. The minimum atomic E-state index is -1.26. The Morgan fingerprint density at radius 3 is 2.24 bits per heavy atom. The standard InChI is InChI=1S/C21H27N3O.C4H4O4/c1-15(2)22-12-21(25)23-20-11-7-10-17-18(13-24(3)14-19(17)20)16-8-5-4-6-9-16;5-3(6)1-2-4(7)8/h4-11,15,18,22H,12-14H2,1-3H3,(H,23,25);1-2H,(H,5,6)(H,7,8)/b;2-1-. The molecule has 4 N–H and O–H groups in total. The van der Waals surface area contributed by atoms with Gasteiger partial charge in [0.2, 0.25) is 5.91 Å². The van der Waals surface area contributed by atoms with E-state index in [1.165, 1.54) is 16.7 Å². The largest absolute Gasteiger partial charge is 0.478 e. The highest BCUT2D eigenvalue weighted by atomic mass is 16.4. The van der Waals surface area contributed by atoms with E-state index in [0.29, 0.717) is 30.7 Å². The normalized spacial score (nSPS) is 15.5. The van der Waals surface area contributed by atoms with Crippen LogP contribution in [0.4, 0.5) is 5.69 Å². The SMILES string of the molecule is CC(C)NCC(=O)Nc1cccc2c1CN(C)CC2c1ccccc1.O=C(O)/C=C\C(=O)O. The lowest BCUT2D eigenvalue weighted by Gasteiger charge is -2.34. The van der Waals surface area contributed by atoms with Crippen LogP contribution in [0.2, 0.25) is 0 Å². The van der Waals surface area contributed by atoms with Crippen LogP contribution in [-0.4, -0.2) is 59.1 Å². The van der Waals surface area contributed by atoms with Gasteiger partial charge in [0.1, 0.15) is 0 Å². The summed E-state index contributed by atoms with van der Waals surface area (Å²) >= 11 is 0. The molecule has 0 aromatic heterocycles. The van der Waals surface area contributed by atoms with Gasteiger partial charge in [0, 0.05) is 42.9 Å². The molecule has 0 radical (unpaired) electrons. The molecule has 0 bridgehead atoms. The molecular weight excluding hydrogens is 422 g/mol. The van der Waals surface area contributed by atoms with E-state index in [0.717, 1.165) is 18.8 Å². The van der Waals surface area contributed by atoms with Crippen LogP contribution < -0.4 is 10.6 Å². The Morgan fingerprint density at radius 2 is 1.67 bits per heavy atom. The van der Waals surface area contributed by atoms with Crippen molar-refractivity contribution >= 4 is 23.5 Å². The van der Waals surface area contributed by atoms with Crippen LogP contribution in [0.5, 0.6) is 0 Å². The van der Waals surface area contributed by atoms with Crippen molar-refractivity contribution in [3.05, 3.63) is 77.4 Å². The maximum atomic E-state index is 12.2. The summed E-state index contributed by atoms with van der Waals surface area (Å²) in [4.78, 5) is 33.7. The molecule has 8 nitrogen and oxygen atoms in total. The van der Waals surface area contributed by atoms with Crippen molar-refractivity contribution in [3.8, 4) is 0 Å². The molecule has 8 heteroatoms. The fourth-order valence-corrected chi connectivity index (χ4v) is 3.57. The van der Waals surface area contributed by atoms with Gasteiger partial charge in [-0.3, -0.25) is 4.79 Å². The maximum Gasteiger partial charge on any atom is 0.328 e. The number of fused-ring (bicyclic) bond motifs is 1. The number of anilines is 1. The quantitative estimate of drug-likeness (QED) is 0.476. The zero-order valence-corrected chi connectivity index (χ0v) is 19.1. The van der Waals surface area contributed by atoms with Crippen molar-refractivity contribution in [1.29, 1.82) is 0 Å². The molecule has 3 rings (SSSR count). The Balaban J connectivity index is 0.000000414. The molecule has 0 spiro atoms. The van der Waals surface area contributed by atoms with Gasteiger partial charge in [-0.25, -0.2) is 9.59 Å². The highest BCUT2D eigenvalue weighted by Gasteiger charge is 2.26. The average molecular weight is 454 g/mol. The predicted molar refractivity (Wildman–Crippen MR) is 127 cm³/mol. The first-order chi connectivity index (χ1) is 15.7. The first-order valence-corrected chi connectivity index (χ1v) is 10.7. The number of nitrogens with one attached hydrogen (secondary N) is 2. The van der Waals surface area contributed by atoms with Gasteiger partial charge < -0.3 is 25.7 Å². The van der Waals surface area contributed by atoms with Gasteiger partial charge in [-0.1, -0.05) is 56.3 Å². The predicted octanol–water partition coefficient (Wildman–Crippen LogP) is 2.91. The summed E-state index contributed by atoms with van der Waals surface area (Å²) in [5.41, 5.74) is 4.79. The lowest BCUT2D eigenvalue weighted by atomic mass is 9.84. The Morgan fingerprint density at radius 1 is 1.03 bits per heavy atom. The molecule has 1 unspecified atom stereocenters. The molecule has 0 aliphatic carbocycles. The number of carbonyl (C=O) groups excluding carboxylic acids is 1. The number of likely N-dealkylation sites (N-methyl/N-ethyl adjacent to an activating group) is 1. The van der Waals surface area contributed by atoms with Crippen LogP contribution >= 0.6 is 0 Å². The molecule has 33 heavy (non-hydrogen) atoms. The van der Waals surface area contributed by atoms with E-state index in [1.54, 1.807) is 0 Å². The lowest BCUT2D eigenvalue weighted by molar-refractivity contribution is -0.134. The summed E-state index contributed by atoms with van der Waals surface area (Å²) in [6.45, 7) is 6.25. The third kappa shape index (κ3) is 8.51. The number of benzene rings is 2. The van der Waals surface area contributed by atoms with Crippen molar-refractivity contribution in [2.24, 2.45) is 0 Å². The number of hydrogen-bond donors (Lipinski definition) is 4. The van der Waals surface area contributed by atoms with Crippen LogP contribution in [0.1, 0.15) is 36.5 Å². The highest BCUT2D eigenvalue weighted by Crippen LogP contribution is 2.36. The van der Waals surface area contributed by atoms with E-state index in [2.05, 4.69) is 59.0 Å². The number of aliphatic carboxylic acids is 2. The number of rotatable bonds is 7. The van der Waals surface area contributed by atoms with Crippen molar-refractivity contribution < 1.29 is 24.6 Å². The van der Waals surface area contributed by atoms with E-state index < -0.39 is 11.9 Å². The van der Waals surface area contributed by atoms with Crippen molar-refractivity contribution in [2.75, 3.05) is 25.5 Å². The van der Waals surface area contributed by atoms with Gasteiger partial charge in [0.15, 0.2) is 0 Å². The molecule has 0 fully saturated rings. The van der Waals surface area contributed by atoms with E-state index in [9.17, 15) is 14.4 Å². The molecule has 1 amide bonds. The van der Waals surface area contributed by atoms with E-state index in [1.807, 2.05) is 26.0 Å². The fraction of sp³-hybridized carbons (Fsp3) is 0.320. The van der Waals surface area contributed by atoms with Crippen LogP contribution in [0, 0.1) is 0 Å². The van der Waals surface area contributed by atoms with Gasteiger partial charge in [-0.15, -0.1) is 0 Å². The second-order valence-electron chi connectivity index (χ2n) is 8.13. The van der Waals surface area contributed by atoms with Crippen molar-refractivity contribution in [3.63, 3.8) is 0 Å². The molecule has 1 atom stereocenters. The summed E-state index contributed by atoms with van der Waals surface area (Å²) in [5.74, 6) is -2.17. The summed E-state index contributed by atoms with van der Waals surface area (Å²) in [7, 11) is 2.14. The van der Waals surface area contributed by atoms with E-state index in [4.69, 9.17) is 10.2 Å². The molecule has 1 heterocycles. The van der Waals surface area contributed by atoms with Crippen molar-refractivity contribution in [1.82, 2.24) is 10.2 Å². The Kier molecular flexibility index (Phi) is 9.78. The minimum absolute atomic E-state index is 0.00610. The smallest absolute Gasteiger partial charge is 0.328 e. The highest BCUT2D eigenvalue weighted by molar-refractivity contribution is 5.93. The summed E-state index contributed by atoms with van der Waals surface area (Å²) in [5, 5.41) is 21.9. The molecule has 2 aromatic rings. The van der Waals surface area contributed by atoms with E-state index >= 15 is 0 Å². The molecule has 1 aliphatic heterocycles. The number of carbonyl (C=O) groups is 3. The number of carboxylic acids is 2. The average Bonchev–Trinajstić information content (AvgIpc) is 2.77. The monoisotopic (exact) mass is 453 g/mol. The number of carboxylic acid groups (broad SMARTS) is 2. The van der Waals surface area contributed by atoms with Gasteiger partial charge in [-0.05, 0) is 29.8 Å². The lowest BCUT2D eigenvalue weighted by Crippen LogP contribution is -2.34. The third-order valence-corrected chi connectivity index (χ3v) is 5.03. The number of nitrogens with zero attached hydrogens (tertiary/aromatic N) is 1. The zero-order valence-electron chi connectivity index (χ0n) is 19.1. The number of hydrogen-bond acceptors (Lipinski definition) is 5. The zero-order chi connectivity index (χ0) is 24.4. The summed E-state index contributed by atoms with van der Waals surface area (Å²) < 4.78 is 0. The molecule has 0 saturated heterocycles. The first-order valence-electron chi connectivity index (χ1n) is 10.7. The third-order valence-electron chi connectivity index (χ3n) is 5.03. The fourth-order valence-electron chi connectivity index (χ4n) is 3.57. The molecular formula is C25H31N3O5. The topological polar surface area (TPSA) is 119 Å². The van der Waals surface area contributed by atoms with Crippen LogP contribution in [0.3, 0.4) is 0 Å². The Bertz CT molecular complexity index is 973.